The van der Waals surface area contributed by atoms with Gasteiger partial charge in [0.15, 0.2) is 5.17 Å². The molecule has 1 aliphatic rings. The highest BCUT2D eigenvalue weighted by Gasteiger charge is 2.24. The van der Waals surface area contributed by atoms with Gasteiger partial charge in [-0.05, 0) is 12.1 Å². The third-order valence-corrected chi connectivity index (χ3v) is 3.91. The van der Waals surface area contributed by atoms with Crippen molar-refractivity contribution < 1.29 is 19.1 Å². The van der Waals surface area contributed by atoms with Crippen LogP contribution in [-0.4, -0.2) is 48.9 Å². The predicted octanol–water partition coefficient (Wildman–Crippen LogP) is 0.910. The van der Waals surface area contributed by atoms with Crippen LogP contribution in [-0.2, 0) is 4.79 Å². The SMILES string of the molecule is COc1ccc(C(=O)NN=C2SCC(=O)N2C)c(OC)c1. The Balaban J connectivity index is 2.14. The number of amidine groups is 1. The van der Waals surface area contributed by atoms with Crippen molar-refractivity contribution in [3.63, 3.8) is 0 Å². The summed E-state index contributed by atoms with van der Waals surface area (Å²) < 4.78 is 10.2. The average Bonchev–Trinajstić information content (AvgIpc) is 2.83. The number of methoxy groups -OCH3 is 2. The van der Waals surface area contributed by atoms with Gasteiger partial charge in [-0.2, -0.15) is 0 Å². The molecule has 1 aromatic rings. The van der Waals surface area contributed by atoms with E-state index in [2.05, 4.69) is 10.5 Å². The minimum absolute atomic E-state index is 0.0463. The summed E-state index contributed by atoms with van der Waals surface area (Å²) >= 11 is 1.27. The lowest BCUT2D eigenvalue weighted by Gasteiger charge is -2.10. The standard InChI is InChI=1S/C13H15N3O4S/c1-16-11(17)7-21-13(16)15-14-12(18)9-5-4-8(19-2)6-10(9)20-3/h4-6H,7H2,1-3H3,(H,14,18). The molecule has 7 nitrogen and oxygen atoms in total. The first-order chi connectivity index (χ1) is 10.1. The molecule has 1 aliphatic heterocycles. The summed E-state index contributed by atoms with van der Waals surface area (Å²) in [6.07, 6.45) is 0. The normalized spacial score (nSPS) is 16.2. The quantitative estimate of drug-likeness (QED) is 0.836. The number of hydrazone groups is 1. The first-order valence-corrected chi connectivity index (χ1v) is 7.04. The van der Waals surface area contributed by atoms with Gasteiger partial charge in [-0.3, -0.25) is 14.5 Å². The average molecular weight is 309 g/mol. The molecule has 112 valence electrons. The maximum absolute atomic E-state index is 12.1. The lowest BCUT2D eigenvalue weighted by atomic mass is 10.2. The van der Waals surface area contributed by atoms with Gasteiger partial charge >= 0.3 is 0 Å². The Bertz CT molecular complexity index is 603. The van der Waals surface area contributed by atoms with Gasteiger partial charge in [-0.15, -0.1) is 5.10 Å². The van der Waals surface area contributed by atoms with Crippen molar-refractivity contribution in [3.05, 3.63) is 23.8 Å². The van der Waals surface area contributed by atoms with Gasteiger partial charge in [0.25, 0.3) is 5.91 Å². The number of hydrogen-bond donors (Lipinski definition) is 1. The molecular weight excluding hydrogens is 294 g/mol. The van der Waals surface area contributed by atoms with Crippen LogP contribution in [0.5, 0.6) is 11.5 Å². The van der Waals surface area contributed by atoms with E-state index in [0.717, 1.165) is 0 Å². The van der Waals surface area contributed by atoms with E-state index in [1.165, 1.54) is 30.9 Å². The molecule has 2 rings (SSSR count). The number of carbonyl (C=O) groups excluding carboxylic acids is 2. The number of carbonyl (C=O) groups is 2. The van der Waals surface area contributed by atoms with Gasteiger partial charge in [0, 0.05) is 13.1 Å². The summed E-state index contributed by atoms with van der Waals surface area (Å²) in [5.41, 5.74) is 2.75. The number of benzene rings is 1. The molecule has 0 atom stereocenters. The number of thioether (sulfide) groups is 1. The Kier molecular flexibility index (Phi) is 4.69. The van der Waals surface area contributed by atoms with Crippen LogP contribution in [0, 0.1) is 0 Å². The zero-order chi connectivity index (χ0) is 15.4. The molecule has 0 saturated carbocycles. The van der Waals surface area contributed by atoms with Crippen LogP contribution in [0.2, 0.25) is 0 Å². The lowest BCUT2D eigenvalue weighted by molar-refractivity contribution is -0.123. The second-order valence-electron chi connectivity index (χ2n) is 4.14. The highest BCUT2D eigenvalue weighted by molar-refractivity contribution is 8.15. The van der Waals surface area contributed by atoms with Crippen molar-refractivity contribution in [2.45, 2.75) is 0 Å². The van der Waals surface area contributed by atoms with Crippen molar-refractivity contribution in [3.8, 4) is 11.5 Å². The predicted molar refractivity (Wildman–Crippen MR) is 79.7 cm³/mol. The highest BCUT2D eigenvalue weighted by atomic mass is 32.2. The number of ether oxygens (including phenoxy) is 2. The van der Waals surface area contributed by atoms with E-state index in [-0.39, 0.29) is 5.91 Å². The van der Waals surface area contributed by atoms with Gasteiger partial charge < -0.3 is 9.47 Å². The van der Waals surface area contributed by atoms with E-state index in [4.69, 9.17) is 9.47 Å². The molecule has 1 aromatic carbocycles. The second kappa shape index (κ2) is 6.49. The van der Waals surface area contributed by atoms with Crippen molar-refractivity contribution >= 4 is 28.7 Å². The lowest BCUT2D eigenvalue weighted by Crippen LogP contribution is -2.28. The summed E-state index contributed by atoms with van der Waals surface area (Å²) in [5, 5.41) is 4.41. The van der Waals surface area contributed by atoms with Crippen LogP contribution >= 0.6 is 11.8 Å². The minimum Gasteiger partial charge on any atom is -0.497 e. The minimum atomic E-state index is -0.421. The van der Waals surface area contributed by atoms with Crippen LogP contribution in [0.1, 0.15) is 10.4 Å². The zero-order valence-electron chi connectivity index (χ0n) is 11.9. The number of nitrogens with zero attached hydrogens (tertiary/aromatic N) is 2. The van der Waals surface area contributed by atoms with E-state index >= 15 is 0 Å². The fraction of sp³-hybridized carbons (Fsp3) is 0.308. The molecule has 1 N–H and O–H groups in total. The van der Waals surface area contributed by atoms with Crippen molar-refractivity contribution in [2.75, 3.05) is 27.0 Å². The summed E-state index contributed by atoms with van der Waals surface area (Å²) in [4.78, 5) is 24.9. The molecule has 0 spiro atoms. The topological polar surface area (TPSA) is 80.2 Å². The number of amides is 2. The van der Waals surface area contributed by atoms with Gasteiger partial charge in [0.2, 0.25) is 5.91 Å². The Morgan fingerprint density at radius 2 is 2.14 bits per heavy atom. The maximum atomic E-state index is 12.1. The maximum Gasteiger partial charge on any atom is 0.275 e. The van der Waals surface area contributed by atoms with Crippen LogP contribution in [0.25, 0.3) is 0 Å². The number of rotatable bonds is 4. The Hall–Kier alpha value is -2.22. The molecule has 8 heteroatoms. The van der Waals surface area contributed by atoms with Crippen LogP contribution in [0.4, 0.5) is 0 Å². The fourth-order valence-electron chi connectivity index (χ4n) is 1.68. The summed E-state index contributed by atoms with van der Waals surface area (Å²) in [5.74, 6) is 0.837. The Morgan fingerprint density at radius 3 is 2.71 bits per heavy atom. The van der Waals surface area contributed by atoms with Crippen LogP contribution in [0.15, 0.2) is 23.3 Å². The van der Waals surface area contributed by atoms with Gasteiger partial charge in [0.1, 0.15) is 11.5 Å². The Labute approximate surface area is 126 Å². The third kappa shape index (κ3) is 3.27. The summed E-state index contributed by atoms with van der Waals surface area (Å²) in [6, 6.07) is 4.86. The summed E-state index contributed by atoms with van der Waals surface area (Å²) in [6.45, 7) is 0. The van der Waals surface area contributed by atoms with Gasteiger partial charge in [-0.1, -0.05) is 11.8 Å². The molecule has 1 fully saturated rings. The van der Waals surface area contributed by atoms with E-state index in [1.807, 2.05) is 0 Å². The smallest absolute Gasteiger partial charge is 0.275 e. The molecule has 1 saturated heterocycles. The highest BCUT2D eigenvalue weighted by Crippen LogP contribution is 2.24. The molecule has 0 unspecified atom stereocenters. The van der Waals surface area contributed by atoms with E-state index in [1.54, 1.807) is 25.2 Å². The van der Waals surface area contributed by atoms with Crippen molar-refractivity contribution in [1.82, 2.24) is 10.3 Å². The first-order valence-electron chi connectivity index (χ1n) is 6.06. The first kappa shape index (κ1) is 15.2. The summed E-state index contributed by atoms with van der Waals surface area (Å²) in [7, 11) is 4.61. The second-order valence-corrected chi connectivity index (χ2v) is 5.09. The van der Waals surface area contributed by atoms with E-state index in [9.17, 15) is 9.59 Å². The van der Waals surface area contributed by atoms with Crippen LogP contribution < -0.4 is 14.9 Å². The number of nitrogens with one attached hydrogen (secondary N) is 1. The molecule has 2 amide bonds. The molecule has 1 heterocycles. The van der Waals surface area contributed by atoms with E-state index in [0.29, 0.717) is 28.0 Å². The van der Waals surface area contributed by atoms with Gasteiger partial charge in [-0.25, -0.2) is 5.43 Å². The molecular formula is C13H15N3O4S. The van der Waals surface area contributed by atoms with Crippen molar-refractivity contribution in [1.29, 1.82) is 0 Å². The zero-order valence-corrected chi connectivity index (χ0v) is 12.7. The van der Waals surface area contributed by atoms with Gasteiger partial charge in [0.05, 0.1) is 25.5 Å². The fourth-order valence-corrected chi connectivity index (χ4v) is 2.53. The third-order valence-electron chi connectivity index (χ3n) is 2.89. The molecule has 0 aliphatic carbocycles. The molecule has 0 bridgehead atoms. The largest absolute Gasteiger partial charge is 0.497 e. The molecule has 0 aromatic heterocycles. The molecule has 0 radical (unpaired) electrons. The van der Waals surface area contributed by atoms with Crippen molar-refractivity contribution in [2.24, 2.45) is 5.10 Å². The molecule has 21 heavy (non-hydrogen) atoms. The Morgan fingerprint density at radius 1 is 1.38 bits per heavy atom. The monoisotopic (exact) mass is 309 g/mol. The van der Waals surface area contributed by atoms with E-state index < -0.39 is 5.91 Å². The number of hydrogen-bond acceptors (Lipinski definition) is 6. The van der Waals surface area contributed by atoms with Crippen LogP contribution in [0.3, 0.4) is 0 Å².